The van der Waals surface area contributed by atoms with Gasteiger partial charge in [0.2, 0.25) is 11.7 Å². The molecule has 0 unspecified atom stereocenters. The lowest BCUT2D eigenvalue weighted by molar-refractivity contribution is -0.124. The molecule has 0 radical (unpaired) electrons. The van der Waals surface area contributed by atoms with Crippen molar-refractivity contribution in [2.75, 3.05) is 34.4 Å². The molecule has 8 nitrogen and oxygen atoms in total. The smallest absolute Gasteiger partial charge is 0.293 e. The predicted octanol–water partition coefficient (Wildman–Crippen LogP) is 3.17. The first-order valence-corrected chi connectivity index (χ1v) is 11.0. The van der Waals surface area contributed by atoms with Crippen molar-refractivity contribution in [3.05, 3.63) is 45.0 Å². The van der Waals surface area contributed by atoms with Gasteiger partial charge in [-0.1, -0.05) is 6.07 Å². The number of hydrogen-bond acceptors (Lipinski definition) is 8. The summed E-state index contributed by atoms with van der Waals surface area (Å²) in [4.78, 5) is 39.4. The Kier molecular flexibility index (Phi) is 7.59. The highest BCUT2D eigenvalue weighted by atomic mass is 32.2. The van der Waals surface area contributed by atoms with E-state index in [-0.39, 0.29) is 35.6 Å². The zero-order valence-corrected chi connectivity index (χ0v) is 18.9. The molecule has 1 aliphatic heterocycles. The summed E-state index contributed by atoms with van der Waals surface area (Å²) in [5.74, 6) is 0.772. The molecule has 0 bridgehead atoms. The van der Waals surface area contributed by atoms with Gasteiger partial charge in [0.05, 0.1) is 32.7 Å². The Morgan fingerprint density at radius 1 is 1.13 bits per heavy atom. The highest BCUT2D eigenvalue weighted by Gasteiger charge is 2.34. The van der Waals surface area contributed by atoms with Gasteiger partial charge in [0, 0.05) is 18.0 Å². The van der Waals surface area contributed by atoms with Gasteiger partial charge in [0.15, 0.2) is 11.5 Å². The van der Waals surface area contributed by atoms with Crippen LogP contribution in [0.1, 0.15) is 10.4 Å². The van der Waals surface area contributed by atoms with E-state index >= 15 is 0 Å². The van der Waals surface area contributed by atoms with Gasteiger partial charge >= 0.3 is 0 Å². The number of carbonyl (C=O) groups is 3. The molecule has 2 heterocycles. The lowest BCUT2D eigenvalue weighted by Crippen LogP contribution is -2.37. The highest BCUT2D eigenvalue weighted by molar-refractivity contribution is 8.18. The van der Waals surface area contributed by atoms with E-state index in [1.54, 1.807) is 18.2 Å². The van der Waals surface area contributed by atoms with Gasteiger partial charge in [-0.3, -0.25) is 19.3 Å². The van der Waals surface area contributed by atoms with E-state index in [0.717, 1.165) is 21.5 Å². The first-order valence-electron chi connectivity index (χ1n) is 9.31. The molecule has 1 saturated heterocycles. The predicted molar refractivity (Wildman–Crippen MR) is 120 cm³/mol. The molecular weight excluding hydrogens is 440 g/mol. The van der Waals surface area contributed by atoms with E-state index in [4.69, 9.17) is 14.2 Å². The normalized spacial score (nSPS) is 14.8. The minimum absolute atomic E-state index is 0.105. The second kappa shape index (κ2) is 10.4. The van der Waals surface area contributed by atoms with Gasteiger partial charge in [0.1, 0.15) is 0 Å². The maximum Gasteiger partial charge on any atom is 0.293 e. The standard InChI is InChI=1S/C21H22N2O6S2/c1-27-15-9-13(10-16(28-2)19(15)29-3)11-17-20(25)23(21(26)31-17)7-6-22-18(24)12-14-5-4-8-30-14/h4-5,8-11H,6-7,12H2,1-3H3,(H,22,24). The van der Waals surface area contributed by atoms with Crippen LogP contribution in [0.4, 0.5) is 4.79 Å². The van der Waals surface area contributed by atoms with Crippen LogP contribution in [0.15, 0.2) is 34.6 Å². The Balaban J connectivity index is 1.65. The summed E-state index contributed by atoms with van der Waals surface area (Å²) in [6, 6.07) is 7.16. The summed E-state index contributed by atoms with van der Waals surface area (Å²) < 4.78 is 15.9. The number of nitrogens with zero attached hydrogens (tertiary/aromatic N) is 1. The van der Waals surface area contributed by atoms with Crippen LogP contribution in [0.3, 0.4) is 0 Å². The molecule has 3 amide bonds. The second-order valence-corrected chi connectivity index (χ2v) is 8.42. The van der Waals surface area contributed by atoms with Gasteiger partial charge in [0.25, 0.3) is 11.1 Å². The number of thioether (sulfide) groups is 1. The van der Waals surface area contributed by atoms with Crippen LogP contribution in [0.2, 0.25) is 0 Å². The molecule has 1 aromatic heterocycles. The van der Waals surface area contributed by atoms with E-state index in [0.29, 0.717) is 22.8 Å². The number of benzene rings is 1. The minimum Gasteiger partial charge on any atom is -0.493 e. The molecule has 1 aromatic carbocycles. The minimum atomic E-state index is -0.406. The molecule has 3 rings (SSSR count). The molecule has 0 aliphatic carbocycles. The van der Waals surface area contributed by atoms with Gasteiger partial charge in [-0.15, -0.1) is 11.3 Å². The first kappa shape index (κ1) is 22.7. The van der Waals surface area contributed by atoms with Gasteiger partial charge in [-0.2, -0.15) is 0 Å². The van der Waals surface area contributed by atoms with Crippen LogP contribution in [-0.2, 0) is 16.0 Å². The number of rotatable bonds is 9. The molecular formula is C21H22N2O6S2. The van der Waals surface area contributed by atoms with Crippen LogP contribution < -0.4 is 19.5 Å². The molecule has 10 heteroatoms. The molecule has 31 heavy (non-hydrogen) atoms. The maximum absolute atomic E-state index is 12.7. The molecule has 1 aliphatic rings. The average Bonchev–Trinajstić information content (AvgIpc) is 3.36. The Morgan fingerprint density at radius 2 is 1.84 bits per heavy atom. The van der Waals surface area contributed by atoms with Crippen molar-refractivity contribution < 1.29 is 28.6 Å². The van der Waals surface area contributed by atoms with E-state index < -0.39 is 5.91 Å². The van der Waals surface area contributed by atoms with Crippen molar-refractivity contribution in [3.8, 4) is 17.2 Å². The summed E-state index contributed by atoms with van der Waals surface area (Å²) in [6.07, 6.45) is 1.88. The number of thiophene rings is 1. The van der Waals surface area contributed by atoms with E-state index in [9.17, 15) is 14.4 Å². The third-order valence-electron chi connectivity index (χ3n) is 4.43. The SMILES string of the molecule is COc1cc(C=C2SC(=O)N(CCNC(=O)Cc3cccs3)C2=O)cc(OC)c1OC. The fourth-order valence-corrected chi connectivity index (χ4v) is 4.54. The monoisotopic (exact) mass is 462 g/mol. The number of imide groups is 1. The lowest BCUT2D eigenvalue weighted by atomic mass is 10.1. The highest BCUT2D eigenvalue weighted by Crippen LogP contribution is 2.40. The first-order chi connectivity index (χ1) is 15.0. The number of nitrogens with one attached hydrogen (secondary N) is 1. The largest absolute Gasteiger partial charge is 0.493 e. The lowest BCUT2D eigenvalue weighted by Gasteiger charge is -2.13. The molecule has 0 spiro atoms. The topological polar surface area (TPSA) is 94.2 Å². The summed E-state index contributed by atoms with van der Waals surface area (Å²) in [5.41, 5.74) is 0.629. The van der Waals surface area contributed by atoms with Gasteiger partial charge in [-0.25, -0.2) is 0 Å². The van der Waals surface area contributed by atoms with Crippen LogP contribution in [0, 0.1) is 0 Å². The van der Waals surface area contributed by atoms with E-state index in [1.807, 2.05) is 17.5 Å². The number of methoxy groups -OCH3 is 3. The zero-order valence-electron chi connectivity index (χ0n) is 17.3. The molecule has 0 atom stereocenters. The summed E-state index contributed by atoms with van der Waals surface area (Å²) >= 11 is 2.35. The van der Waals surface area contributed by atoms with Crippen molar-refractivity contribution in [3.63, 3.8) is 0 Å². The number of carbonyl (C=O) groups excluding carboxylic acids is 3. The number of hydrogen-bond donors (Lipinski definition) is 1. The summed E-state index contributed by atoms with van der Waals surface area (Å²) in [5, 5.41) is 4.27. The van der Waals surface area contributed by atoms with Crippen molar-refractivity contribution in [1.29, 1.82) is 0 Å². The Bertz CT molecular complexity index is 978. The van der Waals surface area contributed by atoms with Crippen LogP contribution in [0.5, 0.6) is 17.2 Å². The third kappa shape index (κ3) is 5.39. The van der Waals surface area contributed by atoms with Crippen LogP contribution in [-0.4, -0.2) is 56.4 Å². The number of amides is 3. The van der Waals surface area contributed by atoms with E-state index in [2.05, 4.69) is 5.32 Å². The fraction of sp³-hybridized carbons (Fsp3) is 0.286. The third-order valence-corrected chi connectivity index (χ3v) is 6.21. The molecule has 164 valence electrons. The van der Waals surface area contributed by atoms with Gasteiger partial charge in [-0.05, 0) is 47.0 Å². The molecule has 0 saturated carbocycles. The second-order valence-electron chi connectivity index (χ2n) is 6.40. The maximum atomic E-state index is 12.7. The Hall–Kier alpha value is -2.98. The van der Waals surface area contributed by atoms with Crippen molar-refractivity contribution in [2.24, 2.45) is 0 Å². The molecule has 2 aromatic rings. The summed E-state index contributed by atoms with van der Waals surface area (Å²) in [7, 11) is 4.51. The average molecular weight is 463 g/mol. The van der Waals surface area contributed by atoms with Crippen molar-refractivity contribution >= 4 is 46.2 Å². The Morgan fingerprint density at radius 3 is 2.42 bits per heavy atom. The van der Waals surface area contributed by atoms with E-state index in [1.165, 1.54) is 32.7 Å². The molecule has 1 fully saturated rings. The molecule has 1 N–H and O–H groups in total. The van der Waals surface area contributed by atoms with Crippen LogP contribution in [0.25, 0.3) is 6.08 Å². The summed E-state index contributed by atoms with van der Waals surface area (Å²) in [6.45, 7) is 0.299. The van der Waals surface area contributed by atoms with Crippen molar-refractivity contribution in [2.45, 2.75) is 6.42 Å². The van der Waals surface area contributed by atoms with Crippen molar-refractivity contribution in [1.82, 2.24) is 10.2 Å². The fourth-order valence-electron chi connectivity index (χ4n) is 2.97. The van der Waals surface area contributed by atoms with Crippen LogP contribution >= 0.6 is 23.1 Å². The quantitative estimate of drug-likeness (QED) is 0.572. The Labute approximate surface area is 188 Å². The number of ether oxygens (including phenoxy) is 3. The van der Waals surface area contributed by atoms with Gasteiger partial charge < -0.3 is 19.5 Å². The zero-order chi connectivity index (χ0) is 22.4.